The minimum absolute atomic E-state index is 0.169. The van der Waals surface area contributed by atoms with Crippen LogP contribution in [0.1, 0.15) is 52.9 Å². The third-order valence-electron chi connectivity index (χ3n) is 4.97. The summed E-state index contributed by atoms with van der Waals surface area (Å²) in [4.78, 5) is 11.7. The van der Waals surface area contributed by atoms with Crippen LogP contribution in [0.25, 0.3) is 0 Å². The molecule has 0 N–H and O–H groups in total. The van der Waals surface area contributed by atoms with Crippen molar-refractivity contribution in [3.05, 3.63) is 23.8 Å². The number of rotatable bonds is 3. The number of allylic oxidation sites excluding steroid dienone is 2. The molecule has 0 amide bonds. The zero-order chi connectivity index (χ0) is 14.0. The highest BCUT2D eigenvalue weighted by molar-refractivity contribution is 5.87. The highest BCUT2D eigenvalue weighted by Crippen LogP contribution is 2.56. The molecule has 0 spiro atoms. The van der Waals surface area contributed by atoms with Gasteiger partial charge in [-0.15, -0.1) is 0 Å². The predicted octanol–water partition coefficient (Wildman–Crippen LogP) is 4.27. The van der Waals surface area contributed by atoms with Gasteiger partial charge in [0.2, 0.25) is 0 Å². The molecule has 2 heteroatoms. The Morgan fingerprint density at radius 1 is 1.53 bits per heavy atom. The van der Waals surface area contributed by atoms with Crippen LogP contribution < -0.4 is 0 Å². The number of carbonyl (C=O) groups excluding carboxylic acids is 1. The van der Waals surface area contributed by atoms with E-state index in [-0.39, 0.29) is 5.97 Å². The second-order valence-electron chi connectivity index (χ2n) is 6.42. The minimum Gasteiger partial charge on any atom is -0.463 e. The minimum atomic E-state index is -0.169. The summed E-state index contributed by atoms with van der Waals surface area (Å²) in [6, 6.07) is 0. The van der Waals surface area contributed by atoms with Gasteiger partial charge in [0.05, 0.1) is 6.61 Å². The molecule has 0 bridgehead atoms. The molecule has 2 nitrogen and oxygen atoms in total. The van der Waals surface area contributed by atoms with Gasteiger partial charge in [-0.3, -0.25) is 0 Å². The highest BCUT2D eigenvalue weighted by atomic mass is 16.5. The van der Waals surface area contributed by atoms with Crippen molar-refractivity contribution in [2.45, 2.75) is 52.9 Å². The van der Waals surface area contributed by atoms with Crippen LogP contribution in [-0.4, -0.2) is 12.6 Å². The molecular formula is C17H26O2. The molecule has 19 heavy (non-hydrogen) atoms. The SMILES string of the molecule is C=C1CCC[C@@]2(C)CC[C@@H](/C=C(\C)C(=O)OCC)[C@H]12. The largest absolute Gasteiger partial charge is 0.463 e. The third kappa shape index (κ3) is 2.77. The second-order valence-corrected chi connectivity index (χ2v) is 6.42. The van der Waals surface area contributed by atoms with Crippen LogP contribution >= 0.6 is 0 Å². The van der Waals surface area contributed by atoms with Crippen molar-refractivity contribution in [3.63, 3.8) is 0 Å². The lowest BCUT2D eigenvalue weighted by atomic mass is 9.65. The summed E-state index contributed by atoms with van der Waals surface area (Å²) in [6.07, 6.45) is 8.32. The average Bonchev–Trinajstić information content (AvgIpc) is 2.68. The van der Waals surface area contributed by atoms with Gasteiger partial charge in [-0.05, 0) is 63.2 Å². The third-order valence-corrected chi connectivity index (χ3v) is 4.97. The Kier molecular flexibility index (Phi) is 4.17. The fourth-order valence-corrected chi connectivity index (χ4v) is 4.10. The van der Waals surface area contributed by atoms with E-state index >= 15 is 0 Å². The van der Waals surface area contributed by atoms with E-state index in [0.717, 1.165) is 12.0 Å². The molecule has 0 aromatic carbocycles. The van der Waals surface area contributed by atoms with Gasteiger partial charge in [-0.25, -0.2) is 4.79 Å². The van der Waals surface area contributed by atoms with E-state index in [4.69, 9.17) is 4.74 Å². The van der Waals surface area contributed by atoms with E-state index in [1.165, 1.54) is 31.3 Å². The van der Waals surface area contributed by atoms with Crippen molar-refractivity contribution in [1.29, 1.82) is 0 Å². The fraction of sp³-hybridized carbons (Fsp3) is 0.706. The summed E-state index contributed by atoms with van der Waals surface area (Å²) in [5, 5.41) is 0. The maximum Gasteiger partial charge on any atom is 0.333 e. The molecule has 106 valence electrons. The maximum atomic E-state index is 11.7. The Bertz CT molecular complexity index is 407. The van der Waals surface area contributed by atoms with Crippen molar-refractivity contribution in [2.24, 2.45) is 17.3 Å². The topological polar surface area (TPSA) is 26.3 Å². The van der Waals surface area contributed by atoms with E-state index < -0.39 is 0 Å². The smallest absolute Gasteiger partial charge is 0.333 e. The monoisotopic (exact) mass is 262 g/mol. The molecule has 3 atom stereocenters. The number of carbonyl (C=O) groups is 1. The zero-order valence-corrected chi connectivity index (χ0v) is 12.5. The van der Waals surface area contributed by atoms with Gasteiger partial charge in [0, 0.05) is 5.57 Å². The lowest BCUT2D eigenvalue weighted by Gasteiger charge is -2.39. The quantitative estimate of drug-likeness (QED) is 0.431. The predicted molar refractivity (Wildman–Crippen MR) is 77.7 cm³/mol. The van der Waals surface area contributed by atoms with Crippen LogP contribution in [0.3, 0.4) is 0 Å². The molecule has 0 aromatic rings. The summed E-state index contributed by atoms with van der Waals surface area (Å²) in [6.45, 7) is 10.9. The molecule has 2 aliphatic carbocycles. The number of fused-ring (bicyclic) bond motifs is 1. The molecule has 2 saturated carbocycles. The number of hydrogen-bond acceptors (Lipinski definition) is 2. The van der Waals surface area contributed by atoms with Gasteiger partial charge < -0.3 is 4.74 Å². The Labute approximate surface area is 116 Å². The highest BCUT2D eigenvalue weighted by Gasteiger charge is 2.46. The molecular weight excluding hydrogens is 236 g/mol. The van der Waals surface area contributed by atoms with Crippen LogP contribution in [0.4, 0.5) is 0 Å². The van der Waals surface area contributed by atoms with Gasteiger partial charge in [-0.1, -0.05) is 25.2 Å². The molecule has 2 rings (SSSR count). The molecule has 2 aliphatic rings. The summed E-state index contributed by atoms with van der Waals surface area (Å²) < 4.78 is 5.07. The first-order chi connectivity index (χ1) is 8.98. The lowest BCUT2D eigenvalue weighted by Crippen LogP contribution is -2.30. The van der Waals surface area contributed by atoms with E-state index in [1.54, 1.807) is 0 Å². The first-order valence-electron chi connectivity index (χ1n) is 7.51. The molecule has 2 fully saturated rings. The number of ether oxygens (including phenoxy) is 1. The molecule has 0 saturated heterocycles. The van der Waals surface area contributed by atoms with E-state index in [1.807, 2.05) is 13.8 Å². The first-order valence-corrected chi connectivity index (χ1v) is 7.51. The first kappa shape index (κ1) is 14.4. The van der Waals surface area contributed by atoms with E-state index in [2.05, 4.69) is 19.6 Å². The van der Waals surface area contributed by atoms with Gasteiger partial charge >= 0.3 is 5.97 Å². The Hall–Kier alpha value is -1.05. The molecule has 0 aliphatic heterocycles. The van der Waals surface area contributed by atoms with Gasteiger partial charge in [0.15, 0.2) is 0 Å². The maximum absolute atomic E-state index is 11.7. The number of hydrogen-bond donors (Lipinski definition) is 0. The van der Waals surface area contributed by atoms with Gasteiger partial charge in [0.1, 0.15) is 0 Å². The number of esters is 1. The normalized spacial score (nSPS) is 35.1. The van der Waals surface area contributed by atoms with Crippen molar-refractivity contribution in [1.82, 2.24) is 0 Å². The Morgan fingerprint density at radius 3 is 2.95 bits per heavy atom. The summed E-state index contributed by atoms with van der Waals surface area (Å²) in [7, 11) is 0. The lowest BCUT2D eigenvalue weighted by molar-refractivity contribution is -0.138. The standard InChI is InChI=1S/C17H26O2/c1-5-19-16(18)13(3)11-14-8-10-17(4)9-6-7-12(2)15(14)17/h11,14-15H,2,5-10H2,1,3-4H3/b13-11+/t14-,15-,17-/m0/s1. The van der Waals surface area contributed by atoms with Crippen molar-refractivity contribution in [3.8, 4) is 0 Å². The second kappa shape index (κ2) is 5.52. The van der Waals surface area contributed by atoms with Crippen molar-refractivity contribution < 1.29 is 9.53 Å². The summed E-state index contributed by atoms with van der Waals surface area (Å²) in [5.41, 5.74) is 2.56. The van der Waals surface area contributed by atoms with Crippen molar-refractivity contribution >= 4 is 5.97 Å². The van der Waals surface area contributed by atoms with E-state index in [0.29, 0.717) is 23.9 Å². The van der Waals surface area contributed by atoms with Crippen LogP contribution in [0.15, 0.2) is 23.8 Å². The summed E-state index contributed by atoms with van der Waals surface area (Å²) >= 11 is 0. The van der Waals surface area contributed by atoms with Gasteiger partial charge in [0.25, 0.3) is 0 Å². The average molecular weight is 262 g/mol. The van der Waals surface area contributed by atoms with Crippen LogP contribution in [0.2, 0.25) is 0 Å². The van der Waals surface area contributed by atoms with Crippen molar-refractivity contribution in [2.75, 3.05) is 6.61 Å². The van der Waals surface area contributed by atoms with E-state index in [9.17, 15) is 4.79 Å². The van der Waals surface area contributed by atoms with Crippen LogP contribution in [0.5, 0.6) is 0 Å². The van der Waals surface area contributed by atoms with Gasteiger partial charge in [-0.2, -0.15) is 0 Å². The molecule has 0 radical (unpaired) electrons. The Balaban J connectivity index is 2.15. The fourth-order valence-electron chi connectivity index (χ4n) is 4.10. The summed E-state index contributed by atoms with van der Waals surface area (Å²) in [5.74, 6) is 0.866. The molecule has 0 heterocycles. The van der Waals surface area contributed by atoms with Crippen LogP contribution in [0, 0.1) is 17.3 Å². The molecule has 0 aromatic heterocycles. The molecule has 0 unspecified atom stereocenters. The zero-order valence-electron chi connectivity index (χ0n) is 12.5. The Morgan fingerprint density at radius 2 is 2.26 bits per heavy atom. The van der Waals surface area contributed by atoms with Crippen LogP contribution in [-0.2, 0) is 9.53 Å².